The number of rotatable bonds is 3. The molecule has 1 N–H and O–H groups in total. The molecule has 1 saturated carbocycles. The topological polar surface area (TPSA) is 51.0 Å². The van der Waals surface area contributed by atoms with Gasteiger partial charge in [-0.05, 0) is 25.2 Å². The molecular formula is C10H16ClN3O. The monoisotopic (exact) mass is 229 g/mol. The highest BCUT2D eigenvalue weighted by molar-refractivity contribution is 6.20. The number of alkyl halides is 1. The molecule has 0 aromatic carbocycles. The van der Waals surface area contributed by atoms with Crippen molar-refractivity contribution < 1.29 is 4.42 Å². The molecule has 2 rings (SSSR count). The summed E-state index contributed by atoms with van der Waals surface area (Å²) in [5, 5.41) is 10.8. The summed E-state index contributed by atoms with van der Waals surface area (Å²) >= 11 is 5.83. The molecule has 0 bridgehead atoms. The van der Waals surface area contributed by atoms with Gasteiger partial charge < -0.3 is 9.73 Å². The van der Waals surface area contributed by atoms with Crippen LogP contribution >= 0.6 is 11.6 Å². The van der Waals surface area contributed by atoms with E-state index < -0.39 is 0 Å². The Labute approximate surface area is 94.4 Å². The van der Waals surface area contributed by atoms with Crippen molar-refractivity contribution in [2.45, 2.75) is 45.0 Å². The zero-order valence-electron chi connectivity index (χ0n) is 9.25. The van der Waals surface area contributed by atoms with Gasteiger partial charge in [-0.25, -0.2) is 0 Å². The first kappa shape index (κ1) is 10.7. The minimum absolute atomic E-state index is 0.234. The standard InChI is InChI=1S/C10H16ClN3O/c1-6(11)8-13-14-9(15-8)12-7-4-5-10(7,2)3/h6-7H,4-5H2,1-3H3,(H,12,14). The van der Waals surface area contributed by atoms with Gasteiger partial charge in [0.15, 0.2) is 0 Å². The third kappa shape index (κ3) is 2.09. The fourth-order valence-electron chi connectivity index (χ4n) is 1.74. The molecule has 0 spiro atoms. The van der Waals surface area contributed by atoms with Crippen LogP contribution in [0, 0.1) is 5.41 Å². The van der Waals surface area contributed by atoms with Crippen molar-refractivity contribution in [3.05, 3.63) is 5.89 Å². The van der Waals surface area contributed by atoms with Gasteiger partial charge in [-0.15, -0.1) is 16.7 Å². The molecule has 15 heavy (non-hydrogen) atoms. The number of anilines is 1. The quantitative estimate of drug-likeness (QED) is 0.810. The summed E-state index contributed by atoms with van der Waals surface area (Å²) in [5.74, 6) is 0.469. The zero-order chi connectivity index (χ0) is 11.1. The molecule has 0 saturated heterocycles. The average Bonchev–Trinajstić information content (AvgIpc) is 2.61. The molecular weight excluding hydrogens is 214 g/mol. The maximum atomic E-state index is 5.83. The number of hydrogen-bond donors (Lipinski definition) is 1. The molecule has 0 aliphatic heterocycles. The molecule has 1 aliphatic rings. The van der Waals surface area contributed by atoms with Crippen LogP contribution in [0.3, 0.4) is 0 Å². The van der Waals surface area contributed by atoms with Crippen LogP contribution in [-0.2, 0) is 0 Å². The largest absolute Gasteiger partial charge is 0.406 e. The molecule has 2 unspecified atom stereocenters. The molecule has 1 aliphatic carbocycles. The minimum Gasteiger partial charge on any atom is -0.406 e. The summed E-state index contributed by atoms with van der Waals surface area (Å²) in [7, 11) is 0. The summed E-state index contributed by atoms with van der Waals surface area (Å²) in [5.41, 5.74) is 0.321. The summed E-state index contributed by atoms with van der Waals surface area (Å²) in [4.78, 5) is 0. The molecule has 2 atom stereocenters. The Morgan fingerprint density at radius 2 is 2.27 bits per heavy atom. The van der Waals surface area contributed by atoms with Crippen LogP contribution in [0.25, 0.3) is 0 Å². The Morgan fingerprint density at radius 3 is 2.67 bits per heavy atom. The van der Waals surface area contributed by atoms with E-state index in [1.54, 1.807) is 0 Å². The molecule has 0 amide bonds. The van der Waals surface area contributed by atoms with Crippen molar-refractivity contribution in [1.29, 1.82) is 0 Å². The molecule has 1 aromatic heterocycles. The Balaban J connectivity index is 1.99. The van der Waals surface area contributed by atoms with Crippen molar-refractivity contribution in [2.24, 2.45) is 5.41 Å². The summed E-state index contributed by atoms with van der Waals surface area (Å²) in [6.07, 6.45) is 2.39. The first-order valence-electron chi connectivity index (χ1n) is 5.23. The first-order chi connectivity index (χ1) is 6.99. The van der Waals surface area contributed by atoms with E-state index in [1.807, 2.05) is 6.92 Å². The lowest BCUT2D eigenvalue weighted by Gasteiger charge is -2.44. The van der Waals surface area contributed by atoms with E-state index in [9.17, 15) is 0 Å². The molecule has 4 nitrogen and oxygen atoms in total. The average molecular weight is 230 g/mol. The second-order valence-electron chi connectivity index (χ2n) is 4.79. The molecule has 5 heteroatoms. The van der Waals surface area contributed by atoms with Gasteiger partial charge in [-0.1, -0.05) is 18.9 Å². The number of hydrogen-bond acceptors (Lipinski definition) is 4. The highest BCUT2D eigenvalue weighted by Gasteiger charge is 2.39. The Morgan fingerprint density at radius 1 is 1.53 bits per heavy atom. The van der Waals surface area contributed by atoms with E-state index in [-0.39, 0.29) is 5.38 Å². The third-order valence-electron chi connectivity index (χ3n) is 3.10. The highest BCUT2D eigenvalue weighted by Crippen LogP contribution is 2.41. The number of nitrogens with one attached hydrogen (secondary N) is 1. The Hall–Kier alpha value is -0.770. The van der Waals surface area contributed by atoms with Gasteiger partial charge in [0.05, 0.1) is 0 Å². The number of halogens is 1. The van der Waals surface area contributed by atoms with E-state index in [2.05, 4.69) is 29.4 Å². The van der Waals surface area contributed by atoms with Crippen LogP contribution in [-0.4, -0.2) is 16.2 Å². The normalized spacial score (nSPS) is 25.7. The van der Waals surface area contributed by atoms with Crippen LogP contribution in [0.4, 0.5) is 6.01 Å². The molecule has 1 fully saturated rings. The van der Waals surface area contributed by atoms with Gasteiger partial charge >= 0.3 is 6.01 Å². The SMILES string of the molecule is CC(Cl)c1nnc(NC2CCC2(C)C)o1. The maximum Gasteiger partial charge on any atom is 0.315 e. The van der Waals surface area contributed by atoms with Crippen molar-refractivity contribution in [2.75, 3.05) is 5.32 Å². The molecule has 1 heterocycles. The van der Waals surface area contributed by atoms with E-state index >= 15 is 0 Å². The van der Waals surface area contributed by atoms with Gasteiger partial charge in [0.2, 0.25) is 5.89 Å². The fraction of sp³-hybridized carbons (Fsp3) is 0.800. The van der Waals surface area contributed by atoms with Crippen LogP contribution < -0.4 is 5.32 Å². The summed E-state index contributed by atoms with van der Waals surface area (Å²) in [6.45, 7) is 6.28. The number of nitrogens with zero attached hydrogens (tertiary/aromatic N) is 2. The minimum atomic E-state index is -0.234. The lowest BCUT2D eigenvalue weighted by Crippen LogP contribution is -2.45. The van der Waals surface area contributed by atoms with Crippen LogP contribution in [0.2, 0.25) is 0 Å². The molecule has 0 radical (unpaired) electrons. The second-order valence-corrected chi connectivity index (χ2v) is 5.44. The van der Waals surface area contributed by atoms with E-state index in [1.165, 1.54) is 6.42 Å². The maximum absolute atomic E-state index is 5.83. The van der Waals surface area contributed by atoms with Gasteiger partial charge in [0.25, 0.3) is 0 Å². The van der Waals surface area contributed by atoms with E-state index in [0.717, 1.165) is 6.42 Å². The van der Waals surface area contributed by atoms with Gasteiger partial charge in [-0.2, -0.15) is 0 Å². The number of aromatic nitrogens is 2. The van der Waals surface area contributed by atoms with E-state index in [4.69, 9.17) is 16.0 Å². The van der Waals surface area contributed by atoms with Gasteiger partial charge in [-0.3, -0.25) is 0 Å². The third-order valence-corrected chi connectivity index (χ3v) is 3.29. The van der Waals surface area contributed by atoms with Crippen molar-refractivity contribution in [3.63, 3.8) is 0 Å². The van der Waals surface area contributed by atoms with Crippen molar-refractivity contribution >= 4 is 17.6 Å². The van der Waals surface area contributed by atoms with Crippen LogP contribution in [0.1, 0.15) is 44.9 Å². The summed E-state index contributed by atoms with van der Waals surface area (Å²) < 4.78 is 5.38. The van der Waals surface area contributed by atoms with E-state index in [0.29, 0.717) is 23.4 Å². The predicted octanol–water partition coefficient (Wildman–Crippen LogP) is 2.97. The Kier molecular flexibility index (Phi) is 2.63. The second kappa shape index (κ2) is 3.67. The molecule has 84 valence electrons. The fourth-order valence-corrected chi connectivity index (χ4v) is 1.82. The predicted molar refractivity (Wildman–Crippen MR) is 59.0 cm³/mol. The smallest absolute Gasteiger partial charge is 0.315 e. The highest BCUT2D eigenvalue weighted by atomic mass is 35.5. The van der Waals surface area contributed by atoms with Crippen LogP contribution in [0.15, 0.2) is 4.42 Å². The molecule has 1 aromatic rings. The van der Waals surface area contributed by atoms with Crippen LogP contribution in [0.5, 0.6) is 0 Å². The van der Waals surface area contributed by atoms with Crippen molar-refractivity contribution in [1.82, 2.24) is 10.2 Å². The lowest BCUT2D eigenvalue weighted by molar-refractivity contribution is 0.157. The Bertz CT molecular complexity index is 348. The zero-order valence-corrected chi connectivity index (χ0v) is 10.0. The van der Waals surface area contributed by atoms with Gasteiger partial charge in [0, 0.05) is 6.04 Å². The van der Waals surface area contributed by atoms with Gasteiger partial charge in [0.1, 0.15) is 5.38 Å². The first-order valence-corrected chi connectivity index (χ1v) is 5.67. The summed E-state index contributed by atoms with van der Waals surface area (Å²) in [6, 6.07) is 0.909. The van der Waals surface area contributed by atoms with Crippen molar-refractivity contribution in [3.8, 4) is 0 Å². The lowest BCUT2D eigenvalue weighted by atomic mass is 9.67.